The number of nitrogens with one attached hydrogen (secondary N) is 1. The highest BCUT2D eigenvalue weighted by atomic mass is 16.5. The van der Waals surface area contributed by atoms with Crippen LogP contribution in [0.1, 0.15) is 40.0 Å². The first-order chi connectivity index (χ1) is 7.61. The van der Waals surface area contributed by atoms with Crippen molar-refractivity contribution in [2.75, 3.05) is 19.8 Å². The normalized spacial score (nSPS) is 14.7. The highest BCUT2D eigenvalue weighted by Gasteiger charge is 2.15. The fourth-order valence-electron chi connectivity index (χ4n) is 1.62. The van der Waals surface area contributed by atoms with Crippen LogP contribution in [0, 0.1) is 5.92 Å². The van der Waals surface area contributed by atoms with E-state index in [0.29, 0.717) is 25.5 Å². The number of rotatable bonds is 10. The first-order valence-corrected chi connectivity index (χ1v) is 6.15. The summed E-state index contributed by atoms with van der Waals surface area (Å²) in [7, 11) is 0. The summed E-state index contributed by atoms with van der Waals surface area (Å²) in [4.78, 5) is 10.8. The molecule has 16 heavy (non-hydrogen) atoms. The average Bonchev–Trinajstić information content (AvgIpc) is 2.22. The van der Waals surface area contributed by atoms with Crippen molar-refractivity contribution in [3.63, 3.8) is 0 Å². The molecule has 0 aliphatic carbocycles. The molecule has 0 aromatic carbocycles. The number of likely N-dealkylation sites (N-methyl/N-ethyl adjacent to an activating group) is 1. The molecule has 0 saturated heterocycles. The van der Waals surface area contributed by atoms with Crippen LogP contribution in [0.5, 0.6) is 0 Å². The summed E-state index contributed by atoms with van der Waals surface area (Å²) in [5.41, 5.74) is 0. The van der Waals surface area contributed by atoms with Crippen molar-refractivity contribution in [2.45, 2.75) is 46.1 Å². The molecule has 0 aliphatic rings. The van der Waals surface area contributed by atoms with Crippen LogP contribution in [-0.2, 0) is 9.53 Å². The third kappa shape index (κ3) is 7.65. The fourth-order valence-corrected chi connectivity index (χ4v) is 1.62. The van der Waals surface area contributed by atoms with E-state index in [1.54, 1.807) is 0 Å². The van der Waals surface area contributed by atoms with Crippen LogP contribution >= 0.6 is 0 Å². The zero-order chi connectivity index (χ0) is 12.4. The Morgan fingerprint density at radius 2 is 2.06 bits per heavy atom. The maximum absolute atomic E-state index is 10.8. The first-order valence-electron chi connectivity index (χ1n) is 6.15. The molecule has 0 bridgehead atoms. The Bertz CT molecular complexity index is 185. The van der Waals surface area contributed by atoms with Gasteiger partial charge in [-0.15, -0.1) is 0 Å². The summed E-state index contributed by atoms with van der Waals surface area (Å²) in [6.45, 7) is 8.12. The van der Waals surface area contributed by atoms with Gasteiger partial charge in [0.1, 0.15) is 6.04 Å². The van der Waals surface area contributed by atoms with Gasteiger partial charge in [0.05, 0.1) is 0 Å². The molecule has 96 valence electrons. The van der Waals surface area contributed by atoms with Crippen LogP contribution in [0.3, 0.4) is 0 Å². The van der Waals surface area contributed by atoms with E-state index >= 15 is 0 Å². The Balaban J connectivity index is 3.58. The molecule has 2 unspecified atom stereocenters. The molecule has 0 radical (unpaired) electrons. The molecule has 0 amide bonds. The fraction of sp³-hybridized carbons (Fsp3) is 0.917. The monoisotopic (exact) mass is 231 g/mol. The predicted molar refractivity (Wildman–Crippen MR) is 64.6 cm³/mol. The molecule has 2 N–H and O–H groups in total. The van der Waals surface area contributed by atoms with E-state index < -0.39 is 12.0 Å². The van der Waals surface area contributed by atoms with Gasteiger partial charge in [0.2, 0.25) is 0 Å². The second-order valence-corrected chi connectivity index (χ2v) is 4.21. The minimum Gasteiger partial charge on any atom is -0.480 e. The molecule has 4 heteroatoms. The highest BCUT2D eigenvalue weighted by molar-refractivity contribution is 5.73. The van der Waals surface area contributed by atoms with E-state index in [-0.39, 0.29) is 0 Å². The number of carboxylic acids is 1. The van der Waals surface area contributed by atoms with Gasteiger partial charge in [-0.3, -0.25) is 4.79 Å². The Morgan fingerprint density at radius 1 is 1.38 bits per heavy atom. The van der Waals surface area contributed by atoms with E-state index in [0.717, 1.165) is 13.0 Å². The SMILES string of the molecule is CCCC(C)COCCC(NCC)C(=O)O. The topological polar surface area (TPSA) is 58.6 Å². The van der Waals surface area contributed by atoms with Crippen molar-refractivity contribution in [1.29, 1.82) is 0 Å². The average molecular weight is 231 g/mol. The van der Waals surface area contributed by atoms with Gasteiger partial charge in [-0.1, -0.05) is 27.2 Å². The zero-order valence-corrected chi connectivity index (χ0v) is 10.7. The van der Waals surface area contributed by atoms with Crippen molar-refractivity contribution in [3.8, 4) is 0 Å². The number of ether oxygens (including phenoxy) is 1. The summed E-state index contributed by atoms with van der Waals surface area (Å²) in [6.07, 6.45) is 2.86. The third-order valence-corrected chi connectivity index (χ3v) is 2.48. The first kappa shape index (κ1) is 15.4. The van der Waals surface area contributed by atoms with Crippen molar-refractivity contribution < 1.29 is 14.6 Å². The smallest absolute Gasteiger partial charge is 0.320 e. The van der Waals surface area contributed by atoms with Gasteiger partial charge in [0.15, 0.2) is 0 Å². The molecule has 0 aromatic heterocycles. The predicted octanol–water partition coefficient (Wildman–Crippen LogP) is 1.89. The quantitative estimate of drug-likeness (QED) is 0.564. The largest absolute Gasteiger partial charge is 0.480 e. The molecular weight excluding hydrogens is 206 g/mol. The van der Waals surface area contributed by atoms with Gasteiger partial charge in [-0.25, -0.2) is 0 Å². The lowest BCUT2D eigenvalue weighted by Gasteiger charge is -2.14. The number of hydrogen-bond acceptors (Lipinski definition) is 3. The number of carboxylic acid groups (broad SMARTS) is 1. The van der Waals surface area contributed by atoms with Gasteiger partial charge in [-0.05, 0) is 25.3 Å². The third-order valence-electron chi connectivity index (χ3n) is 2.48. The molecule has 0 aromatic rings. The Labute approximate surface area is 98.4 Å². The van der Waals surface area contributed by atoms with Crippen molar-refractivity contribution in [2.24, 2.45) is 5.92 Å². The van der Waals surface area contributed by atoms with Crippen molar-refractivity contribution in [1.82, 2.24) is 5.32 Å². The zero-order valence-electron chi connectivity index (χ0n) is 10.7. The summed E-state index contributed by atoms with van der Waals surface area (Å²) < 4.78 is 5.47. The number of carbonyl (C=O) groups is 1. The van der Waals surface area contributed by atoms with E-state index in [2.05, 4.69) is 19.2 Å². The molecule has 0 saturated carbocycles. The van der Waals surface area contributed by atoms with Gasteiger partial charge in [0.25, 0.3) is 0 Å². The van der Waals surface area contributed by atoms with Crippen molar-refractivity contribution in [3.05, 3.63) is 0 Å². The van der Waals surface area contributed by atoms with Crippen LogP contribution in [0.15, 0.2) is 0 Å². The second kappa shape index (κ2) is 9.60. The summed E-state index contributed by atoms with van der Waals surface area (Å²) >= 11 is 0. The van der Waals surface area contributed by atoms with Crippen LogP contribution in [0.4, 0.5) is 0 Å². The summed E-state index contributed by atoms with van der Waals surface area (Å²) in [6, 6.07) is -0.480. The lowest BCUT2D eigenvalue weighted by Crippen LogP contribution is -2.37. The number of aliphatic carboxylic acids is 1. The molecule has 0 fully saturated rings. The van der Waals surface area contributed by atoms with Gasteiger partial charge in [0, 0.05) is 13.2 Å². The molecule has 2 atom stereocenters. The summed E-state index contributed by atoms with van der Waals surface area (Å²) in [5, 5.41) is 11.8. The molecule has 4 nitrogen and oxygen atoms in total. The number of hydrogen-bond donors (Lipinski definition) is 2. The van der Waals surface area contributed by atoms with Gasteiger partial charge in [-0.2, -0.15) is 0 Å². The van der Waals surface area contributed by atoms with Crippen molar-refractivity contribution >= 4 is 5.97 Å². The van der Waals surface area contributed by atoms with Gasteiger partial charge < -0.3 is 15.2 Å². The minimum absolute atomic E-state index is 0.480. The van der Waals surface area contributed by atoms with E-state index in [9.17, 15) is 4.79 Å². The Kier molecular flexibility index (Phi) is 9.24. The molecule has 0 heterocycles. The molecular formula is C12H25NO3. The molecule has 0 spiro atoms. The highest BCUT2D eigenvalue weighted by Crippen LogP contribution is 2.05. The lowest BCUT2D eigenvalue weighted by atomic mass is 10.1. The van der Waals surface area contributed by atoms with Gasteiger partial charge >= 0.3 is 5.97 Å². The lowest BCUT2D eigenvalue weighted by molar-refractivity contribution is -0.140. The minimum atomic E-state index is -0.799. The standard InChI is InChI=1S/C12H25NO3/c1-4-6-10(3)9-16-8-7-11(12(14)15)13-5-2/h10-11,13H,4-9H2,1-3H3,(H,14,15). The maximum Gasteiger partial charge on any atom is 0.320 e. The van der Waals surface area contributed by atoms with E-state index in [4.69, 9.17) is 9.84 Å². The molecule has 0 aliphatic heterocycles. The van der Waals surface area contributed by atoms with Crippen LogP contribution in [0.2, 0.25) is 0 Å². The molecule has 0 rings (SSSR count). The maximum atomic E-state index is 10.8. The Hall–Kier alpha value is -0.610. The Morgan fingerprint density at radius 3 is 2.56 bits per heavy atom. The van der Waals surface area contributed by atoms with Crippen LogP contribution < -0.4 is 5.32 Å². The summed E-state index contributed by atoms with van der Waals surface area (Å²) in [5.74, 6) is -0.237. The van der Waals surface area contributed by atoms with E-state index in [1.807, 2.05) is 6.92 Å². The van der Waals surface area contributed by atoms with Crippen LogP contribution in [0.25, 0.3) is 0 Å². The van der Waals surface area contributed by atoms with E-state index in [1.165, 1.54) is 6.42 Å². The second-order valence-electron chi connectivity index (χ2n) is 4.21. The van der Waals surface area contributed by atoms with Crippen LogP contribution in [-0.4, -0.2) is 36.9 Å².